The summed E-state index contributed by atoms with van der Waals surface area (Å²) in [4.78, 5) is 19.0. The van der Waals surface area contributed by atoms with E-state index in [2.05, 4.69) is 17.2 Å². The van der Waals surface area contributed by atoms with Crippen molar-refractivity contribution in [2.24, 2.45) is 0 Å². The molecule has 1 aromatic rings. The lowest BCUT2D eigenvalue weighted by molar-refractivity contribution is 0.0501. The summed E-state index contributed by atoms with van der Waals surface area (Å²) in [6, 6.07) is -0.220. The number of carbonyl (C=O) groups excluding carboxylic acids is 1. The third kappa shape index (κ3) is 5.57. The molecule has 0 aromatic carbocycles. The van der Waals surface area contributed by atoms with E-state index in [4.69, 9.17) is 0 Å². The fourth-order valence-corrected chi connectivity index (χ4v) is 2.60. The standard InChI is InChI=1S/C13H23N3O2S/c1-5-7-10-8-14-11(19-10)15-12(17)16(6-2)9-13(3,4)18/h8,18H,5-7,9H2,1-4H3,(H,14,15,17). The van der Waals surface area contributed by atoms with Gasteiger partial charge in [0.05, 0.1) is 12.1 Å². The summed E-state index contributed by atoms with van der Waals surface area (Å²) in [5.74, 6) is 0. The minimum absolute atomic E-state index is 0.220. The Kier molecular flexibility index (Phi) is 5.75. The van der Waals surface area contributed by atoms with Gasteiger partial charge in [-0.1, -0.05) is 13.3 Å². The van der Waals surface area contributed by atoms with E-state index in [0.29, 0.717) is 18.2 Å². The molecule has 2 N–H and O–H groups in total. The normalized spacial score (nSPS) is 11.4. The molecule has 0 bridgehead atoms. The Morgan fingerprint density at radius 2 is 2.21 bits per heavy atom. The first-order valence-corrected chi connectivity index (χ1v) is 7.40. The van der Waals surface area contributed by atoms with Crippen LogP contribution >= 0.6 is 11.3 Å². The van der Waals surface area contributed by atoms with Crippen molar-refractivity contribution >= 4 is 22.5 Å². The first-order valence-electron chi connectivity index (χ1n) is 6.58. The van der Waals surface area contributed by atoms with Gasteiger partial charge in [-0.2, -0.15) is 0 Å². The van der Waals surface area contributed by atoms with Gasteiger partial charge in [-0.25, -0.2) is 9.78 Å². The molecule has 1 rings (SSSR count). The maximum absolute atomic E-state index is 12.1. The van der Waals surface area contributed by atoms with Crippen LogP contribution in [0.1, 0.15) is 39.0 Å². The van der Waals surface area contributed by atoms with Crippen LogP contribution in [0.15, 0.2) is 6.20 Å². The van der Waals surface area contributed by atoms with E-state index < -0.39 is 5.60 Å². The second-order valence-corrected chi connectivity index (χ2v) is 6.25. The quantitative estimate of drug-likeness (QED) is 0.844. The van der Waals surface area contributed by atoms with Crippen LogP contribution in [0.2, 0.25) is 0 Å². The highest BCUT2D eigenvalue weighted by Gasteiger charge is 2.21. The molecular weight excluding hydrogens is 262 g/mol. The Balaban J connectivity index is 2.60. The highest BCUT2D eigenvalue weighted by Crippen LogP contribution is 2.20. The molecule has 108 valence electrons. The Hall–Kier alpha value is -1.14. The number of anilines is 1. The van der Waals surface area contributed by atoms with E-state index >= 15 is 0 Å². The number of aromatic nitrogens is 1. The van der Waals surface area contributed by atoms with Gasteiger partial charge in [-0.3, -0.25) is 5.32 Å². The van der Waals surface area contributed by atoms with Crippen molar-refractivity contribution in [3.8, 4) is 0 Å². The summed E-state index contributed by atoms with van der Waals surface area (Å²) < 4.78 is 0. The number of nitrogens with zero attached hydrogens (tertiary/aromatic N) is 2. The molecule has 6 heteroatoms. The second-order valence-electron chi connectivity index (χ2n) is 5.14. The third-order valence-electron chi connectivity index (χ3n) is 2.51. The summed E-state index contributed by atoms with van der Waals surface area (Å²) in [7, 11) is 0. The molecule has 0 saturated carbocycles. The van der Waals surface area contributed by atoms with Gasteiger partial charge in [-0.05, 0) is 27.2 Å². The van der Waals surface area contributed by atoms with Gasteiger partial charge >= 0.3 is 6.03 Å². The van der Waals surface area contributed by atoms with Crippen molar-refractivity contribution in [1.82, 2.24) is 9.88 Å². The van der Waals surface area contributed by atoms with E-state index in [9.17, 15) is 9.90 Å². The summed E-state index contributed by atoms with van der Waals surface area (Å²) in [5, 5.41) is 13.2. The van der Waals surface area contributed by atoms with Gasteiger partial charge in [0.25, 0.3) is 0 Å². The molecule has 0 fully saturated rings. The molecule has 0 radical (unpaired) electrons. The molecule has 0 aliphatic heterocycles. The lowest BCUT2D eigenvalue weighted by atomic mass is 10.1. The SMILES string of the molecule is CCCc1cnc(NC(=O)N(CC)CC(C)(C)O)s1. The summed E-state index contributed by atoms with van der Waals surface area (Å²) in [6.45, 7) is 8.21. The number of carbonyl (C=O) groups is 1. The topological polar surface area (TPSA) is 65.5 Å². The van der Waals surface area contributed by atoms with Gasteiger partial charge in [0.1, 0.15) is 0 Å². The Morgan fingerprint density at radius 3 is 2.74 bits per heavy atom. The molecule has 1 heterocycles. The molecule has 0 unspecified atom stereocenters. The average molecular weight is 285 g/mol. The largest absolute Gasteiger partial charge is 0.389 e. The number of nitrogens with one attached hydrogen (secondary N) is 1. The number of likely N-dealkylation sites (N-methyl/N-ethyl adjacent to an activating group) is 1. The van der Waals surface area contributed by atoms with E-state index in [1.165, 1.54) is 16.2 Å². The monoisotopic (exact) mass is 285 g/mol. The minimum Gasteiger partial charge on any atom is -0.389 e. The maximum atomic E-state index is 12.1. The van der Waals surface area contributed by atoms with Crippen LogP contribution in [-0.4, -0.2) is 39.7 Å². The molecule has 1 aromatic heterocycles. The van der Waals surface area contributed by atoms with E-state index in [1.807, 2.05) is 6.92 Å². The Bertz CT molecular complexity index is 412. The summed E-state index contributed by atoms with van der Waals surface area (Å²) in [5.41, 5.74) is -0.899. The molecular formula is C13H23N3O2S. The minimum atomic E-state index is -0.899. The number of aryl methyl sites for hydroxylation is 1. The lowest BCUT2D eigenvalue weighted by Gasteiger charge is -2.27. The number of aliphatic hydroxyl groups is 1. The molecule has 2 amide bonds. The van der Waals surface area contributed by atoms with Crippen molar-refractivity contribution in [2.75, 3.05) is 18.4 Å². The van der Waals surface area contributed by atoms with E-state index in [-0.39, 0.29) is 6.03 Å². The maximum Gasteiger partial charge on any atom is 0.323 e. The molecule has 0 aliphatic rings. The predicted octanol–water partition coefficient (Wildman–Crippen LogP) is 2.72. The predicted molar refractivity (Wildman–Crippen MR) is 78.7 cm³/mol. The average Bonchev–Trinajstić information content (AvgIpc) is 2.72. The van der Waals surface area contributed by atoms with Gasteiger partial charge in [0, 0.05) is 17.6 Å². The number of rotatable bonds is 6. The van der Waals surface area contributed by atoms with Crippen molar-refractivity contribution in [2.45, 2.75) is 46.1 Å². The van der Waals surface area contributed by atoms with Crippen LogP contribution in [-0.2, 0) is 6.42 Å². The molecule has 0 saturated heterocycles. The Morgan fingerprint density at radius 1 is 1.53 bits per heavy atom. The number of thiazole rings is 1. The lowest BCUT2D eigenvalue weighted by Crippen LogP contribution is -2.44. The van der Waals surface area contributed by atoms with Crippen LogP contribution in [0.25, 0.3) is 0 Å². The number of hydrogen-bond acceptors (Lipinski definition) is 4. The number of hydrogen-bond donors (Lipinski definition) is 2. The summed E-state index contributed by atoms with van der Waals surface area (Å²) >= 11 is 1.50. The van der Waals surface area contributed by atoms with E-state index in [1.54, 1.807) is 24.9 Å². The zero-order chi connectivity index (χ0) is 14.5. The van der Waals surface area contributed by atoms with Crippen molar-refractivity contribution in [3.63, 3.8) is 0 Å². The molecule has 0 spiro atoms. The highest BCUT2D eigenvalue weighted by molar-refractivity contribution is 7.15. The molecule has 19 heavy (non-hydrogen) atoms. The van der Waals surface area contributed by atoms with Gasteiger partial charge in [0.15, 0.2) is 5.13 Å². The first-order chi connectivity index (χ1) is 8.85. The van der Waals surface area contributed by atoms with E-state index in [0.717, 1.165) is 12.8 Å². The molecule has 0 aliphatic carbocycles. The fraction of sp³-hybridized carbons (Fsp3) is 0.692. The smallest absolute Gasteiger partial charge is 0.323 e. The third-order valence-corrected chi connectivity index (χ3v) is 3.48. The van der Waals surface area contributed by atoms with Crippen molar-refractivity contribution in [3.05, 3.63) is 11.1 Å². The summed E-state index contributed by atoms with van der Waals surface area (Å²) in [6.07, 6.45) is 3.85. The van der Waals surface area contributed by atoms with Crippen LogP contribution in [0.4, 0.5) is 9.93 Å². The first kappa shape index (κ1) is 15.9. The highest BCUT2D eigenvalue weighted by atomic mass is 32.1. The van der Waals surface area contributed by atoms with Crippen LogP contribution in [0, 0.1) is 0 Å². The van der Waals surface area contributed by atoms with Gasteiger partial charge in [-0.15, -0.1) is 11.3 Å². The van der Waals surface area contributed by atoms with Gasteiger partial charge < -0.3 is 10.0 Å². The van der Waals surface area contributed by atoms with Crippen LogP contribution in [0.5, 0.6) is 0 Å². The molecule has 5 nitrogen and oxygen atoms in total. The Labute approximate surface area is 118 Å². The fourth-order valence-electron chi connectivity index (χ4n) is 1.69. The molecule has 0 atom stereocenters. The number of amides is 2. The van der Waals surface area contributed by atoms with Crippen LogP contribution < -0.4 is 5.32 Å². The van der Waals surface area contributed by atoms with Crippen molar-refractivity contribution in [1.29, 1.82) is 0 Å². The zero-order valence-electron chi connectivity index (χ0n) is 12.1. The van der Waals surface area contributed by atoms with Crippen molar-refractivity contribution < 1.29 is 9.90 Å². The number of urea groups is 1. The second kappa shape index (κ2) is 6.86. The zero-order valence-corrected chi connectivity index (χ0v) is 12.9. The van der Waals surface area contributed by atoms with Gasteiger partial charge in [0.2, 0.25) is 0 Å². The van der Waals surface area contributed by atoms with Crippen LogP contribution in [0.3, 0.4) is 0 Å².